The lowest BCUT2D eigenvalue weighted by Gasteiger charge is -2.14. The standard InChI is InChI=1S/C19H17N3S/c1-11-6-8-12(9-7-11)16-14(10-20)18(21)22-19-17(16)13-4-2-3-5-15(13)23-19/h6-9H,2-5H2,1H3,(H2,21,22). The quantitative estimate of drug-likeness (QED) is 0.712. The molecular weight excluding hydrogens is 302 g/mol. The van der Waals surface area contributed by atoms with Crippen molar-refractivity contribution >= 4 is 27.4 Å². The summed E-state index contributed by atoms with van der Waals surface area (Å²) in [4.78, 5) is 6.92. The highest BCUT2D eigenvalue weighted by Gasteiger charge is 2.23. The van der Waals surface area contributed by atoms with Crippen molar-refractivity contribution in [2.45, 2.75) is 32.6 Å². The number of benzene rings is 1. The number of nitrogens with zero attached hydrogens (tertiary/aromatic N) is 2. The van der Waals surface area contributed by atoms with E-state index in [1.807, 2.05) is 0 Å². The summed E-state index contributed by atoms with van der Waals surface area (Å²) < 4.78 is 0. The maximum absolute atomic E-state index is 9.65. The maximum atomic E-state index is 9.65. The number of nitrogens with two attached hydrogens (primary N) is 1. The van der Waals surface area contributed by atoms with Crippen molar-refractivity contribution in [3.63, 3.8) is 0 Å². The van der Waals surface area contributed by atoms with Crippen molar-refractivity contribution in [2.24, 2.45) is 0 Å². The van der Waals surface area contributed by atoms with Crippen molar-refractivity contribution < 1.29 is 0 Å². The number of hydrogen-bond acceptors (Lipinski definition) is 4. The highest BCUT2D eigenvalue weighted by atomic mass is 32.1. The Morgan fingerprint density at radius 2 is 1.91 bits per heavy atom. The van der Waals surface area contributed by atoms with E-state index in [1.165, 1.54) is 28.8 Å². The Morgan fingerprint density at radius 1 is 1.17 bits per heavy atom. The second kappa shape index (κ2) is 5.36. The molecule has 0 radical (unpaired) electrons. The Kier molecular flexibility index (Phi) is 3.32. The first kappa shape index (κ1) is 14.2. The minimum atomic E-state index is 0.342. The third-order valence-electron chi connectivity index (χ3n) is 4.58. The molecule has 3 nitrogen and oxygen atoms in total. The molecule has 114 valence electrons. The molecule has 0 atom stereocenters. The first-order valence-electron chi connectivity index (χ1n) is 7.90. The molecule has 0 unspecified atom stereocenters. The van der Waals surface area contributed by atoms with Gasteiger partial charge in [0.05, 0.1) is 0 Å². The SMILES string of the molecule is Cc1ccc(-c2c(C#N)c(N)nc3sc4c(c23)CCCC4)cc1. The molecule has 0 saturated heterocycles. The fraction of sp³-hybridized carbons (Fsp3) is 0.263. The first-order chi connectivity index (χ1) is 11.2. The second-order valence-corrected chi connectivity index (χ2v) is 7.20. The predicted molar refractivity (Wildman–Crippen MR) is 95.6 cm³/mol. The number of thiophene rings is 1. The molecular formula is C19H17N3S. The van der Waals surface area contributed by atoms with Crippen LogP contribution >= 0.6 is 11.3 Å². The number of pyridine rings is 1. The molecule has 0 bridgehead atoms. The lowest BCUT2D eigenvalue weighted by atomic mass is 9.90. The number of aryl methyl sites for hydroxylation is 3. The van der Waals surface area contributed by atoms with Crippen molar-refractivity contribution in [3.05, 3.63) is 45.8 Å². The monoisotopic (exact) mass is 319 g/mol. The molecule has 0 fully saturated rings. The first-order valence-corrected chi connectivity index (χ1v) is 8.71. The zero-order valence-electron chi connectivity index (χ0n) is 13.0. The molecule has 0 aliphatic heterocycles. The molecule has 0 amide bonds. The molecule has 1 aromatic carbocycles. The van der Waals surface area contributed by atoms with Crippen LogP contribution < -0.4 is 5.73 Å². The summed E-state index contributed by atoms with van der Waals surface area (Å²) in [6.45, 7) is 2.07. The Balaban J connectivity index is 2.12. The van der Waals surface area contributed by atoms with Crippen LogP contribution in [-0.4, -0.2) is 4.98 Å². The van der Waals surface area contributed by atoms with Crippen LogP contribution in [0.3, 0.4) is 0 Å². The minimum absolute atomic E-state index is 0.342. The van der Waals surface area contributed by atoms with Gasteiger partial charge in [0, 0.05) is 15.8 Å². The predicted octanol–water partition coefficient (Wildman–Crippen LogP) is 4.60. The Bertz CT molecular complexity index is 946. The molecule has 2 heterocycles. The van der Waals surface area contributed by atoms with Crippen LogP contribution in [-0.2, 0) is 12.8 Å². The molecule has 4 rings (SSSR count). The highest BCUT2D eigenvalue weighted by molar-refractivity contribution is 7.19. The molecule has 1 aliphatic carbocycles. The summed E-state index contributed by atoms with van der Waals surface area (Å²) in [5.74, 6) is 0.342. The summed E-state index contributed by atoms with van der Waals surface area (Å²) in [7, 11) is 0. The number of anilines is 1. The highest BCUT2D eigenvalue weighted by Crippen LogP contribution is 2.43. The minimum Gasteiger partial charge on any atom is -0.383 e. The van der Waals surface area contributed by atoms with Gasteiger partial charge in [-0.25, -0.2) is 4.98 Å². The van der Waals surface area contributed by atoms with Gasteiger partial charge in [-0.15, -0.1) is 11.3 Å². The van der Waals surface area contributed by atoms with Gasteiger partial charge in [-0.1, -0.05) is 29.8 Å². The number of rotatable bonds is 1. The van der Waals surface area contributed by atoms with Gasteiger partial charge in [0.25, 0.3) is 0 Å². The van der Waals surface area contributed by atoms with Crippen LogP contribution in [0.25, 0.3) is 21.3 Å². The lowest BCUT2D eigenvalue weighted by Crippen LogP contribution is -2.01. The van der Waals surface area contributed by atoms with E-state index in [4.69, 9.17) is 5.73 Å². The van der Waals surface area contributed by atoms with E-state index in [0.29, 0.717) is 11.4 Å². The van der Waals surface area contributed by atoms with Crippen LogP contribution in [0.15, 0.2) is 24.3 Å². The number of nitrogen functional groups attached to an aromatic ring is 1. The lowest BCUT2D eigenvalue weighted by molar-refractivity contribution is 0.700. The molecule has 4 heteroatoms. The van der Waals surface area contributed by atoms with Gasteiger partial charge in [0.1, 0.15) is 22.3 Å². The maximum Gasteiger partial charge on any atom is 0.143 e. The number of aromatic nitrogens is 1. The smallest absolute Gasteiger partial charge is 0.143 e. The van der Waals surface area contributed by atoms with E-state index in [1.54, 1.807) is 11.3 Å². The molecule has 2 N–H and O–H groups in total. The van der Waals surface area contributed by atoms with E-state index < -0.39 is 0 Å². The van der Waals surface area contributed by atoms with Crippen molar-refractivity contribution in [1.82, 2.24) is 4.98 Å². The van der Waals surface area contributed by atoms with Crippen LogP contribution in [0.2, 0.25) is 0 Å². The number of hydrogen-bond donors (Lipinski definition) is 1. The molecule has 0 saturated carbocycles. The van der Waals surface area contributed by atoms with Crippen LogP contribution in [0.5, 0.6) is 0 Å². The Morgan fingerprint density at radius 3 is 2.65 bits per heavy atom. The average molecular weight is 319 g/mol. The van der Waals surface area contributed by atoms with E-state index in [9.17, 15) is 5.26 Å². The van der Waals surface area contributed by atoms with Gasteiger partial charge in [0.15, 0.2) is 0 Å². The van der Waals surface area contributed by atoms with Gasteiger partial charge in [-0.2, -0.15) is 5.26 Å². The number of nitriles is 1. The topological polar surface area (TPSA) is 62.7 Å². The van der Waals surface area contributed by atoms with E-state index in [0.717, 1.165) is 34.2 Å². The molecule has 1 aliphatic rings. The molecule has 23 heavy (non-hydrogen) atoms. The summed E-state index contributed by atoms with van der Waals surface area (Å²) in [5.41, 5.74) is 11.2. The summed E-state index contributed by atoms with van der Waals surface area (Å²) in [6, 6.07) is 10.6. The van der Waals surface area contributed by atoms with Gasteiger partial charge in [-0.05, 0) is 43.7 Å². The van der Waals surface area contributed by atoms with Crippen LogP contribution in [0, 0.1) is 18.3 Å². The van der Waals surface area contributed by atoms with Gasteiger partial charge >= 0.3 is 0 Å². The van der Waals surface area contributed by atoms with E-state index >= 15 is 0 Å². The van der Waals surface area contributed by atoms with Gasteiger partial charge in [-0.3, -0.25) is 0 Å². The van der Waals surface area contributed by atoms with Gasteiger partial charge < -0.3 is 5.73 Å². The third kappa shape index (κ3) is 2.20. The zero-order valence-corrected chi connectivity index (χ0v) is 13.8. The van der Waals surface area contributed by atoms with Gasteiger partial charge in [0.2, 0.25) is 0 Å². The summed E-state index contributed by atoms with van der Waals surface area (Å²) in [5, 5.41) is 10.8. The van der Waals surface area contributed by atoms with E-state index in [-0.39, 0.29) is 0 Å². The summed E-state index contributed by atoms with van der Waals surface area (Å²) in [6.07, 6.45) is 4.63. The average Bonchev–Trinajstić information content (AvgIpc) is 2.92. The molecule has 3 aromatic rings. The van der Waals surface area contributed by atoms with Crippen LogP contribution in [0.4, 0.5) is 5.82 Å². The fourth-order valence-corrected chi connectivity index (χ4v) is 4.71. The normalized spacial score (nSPS) is 13.7. The van der Waals surface area contributed by atoms with Crippen LogP contribution in [0.1, 0.15) is 34.4 Å². The molecule has 0 spiro atoms. The van der Waals surface area contributed by atoms with Crippen molar-refractivity contribution in [3.8, 4) is 17.2 Å². The Hall–Kier alpha value is -2.38. The Labute approximate surface area is 139 Å². The largest absolute Gasteiger partial charge is 0.383 e. The van der Waals surface area contributed by atoms with E-state index in [2.05, 4.69) is 42.2 Å². The third-order valence-corrected chi connectivity index (χ3v) is 5.77. The molecule has 2 aromatic heterocycles. The number of fused-ring (bicyclic) bond motifs is 3. The summed E-state index contributed by atoms with van der Waals surface area (Å²) >= 11 is 1.74. The van der Waals surface area contributed by atoms with Crippen molar-refractivity contribution in [2.75, 3.05) is 5.73 Å². The zero-order chi connectivity index (χ0) is 16.0. The van der Waals surface area contributed by atoms with Crippen molar-refractivity contribution in [1.29, 1.82) is 5.26 Å². The second-order valence-electron chi connectivity index (χ2n) is 6.12. The fourth-order valence-electron chi connectivity index (χ4n) is 3.43.